The first-order chi connectivity index (χ1) is 8.02. The molecule has 1 amide bonds. The summed E-state index contributed by atoms with van der Waals surface area (Å²) in [6.45, 7) is 4.33. The lowest BCUT2D eigenvalue weighted by Crippen LogP contribution is -2.63. The van der Waals surface area contributed by atoms with Crippen LogP contribution >= 0.6 is 0 Å². The molecule has 0 bridgehead atoms. The van der Waals surface area contributed by atoms with Gasteiger partial charge in [-0.1, -0.05) is 6.92 Å². The minimum absolute atomic E-state index is 0.0776. The highest BCUT2D eigenvalue weighted by Crippen LogP contribution is 2.24. The Morgan fingerprint density at radius 3 is 2.94 bits per heavy atom. The van der Waals surface area contributed by atoms with Crippen LogP contribution in [0.5, 0.6) is 5.88 Å². The summed E-state index contributed by atoms with van der Waals surface area (Å²) in [7, 11) is 0. The van der Waals surface area contributed by atoms with Gasteiger partial charge < -0.3 is 19.3 Å². The summed E-state index contributed by atoms with van der Waals surface area (Å²) in [5, 5.41) is 13.4. The van der Waals surface area contributed by atoms with Crippen LogP contribution in [0.25, 0.3) is 0 Å². The first-order valence-corrected chi connectivity index (χ1v) is 5.59. The molecule has 2 rings (SSSR count). The highest BCUT2D eigenvalue weighted by Gasteiger charge is 2.41. The van der Waals surface area contributed by atoms with E-state index in [-0.39, 0.29) is 12.5 Å². The molecule has 0 spiro atoms. The number of β-amino-alcohol motifs (C(OH)–C–C–N with tert-alkyl or cyclic N) is 1. The molecule has 0 atom stereocenters. The fourth-order valence-corrected chi connectivity index (χ4v) is 1.70. The predicted molar refractivity (Wildman–Crippen MR) is 58.6 cm³/mol. The molecular weight excluding hydrogens is 224 g/mol. The standard InChI is InChI=1S/C11H16N2O4/c1-3-11(15)6-13(7-11)10(14)5-16-9-4-8(2)17-12-9/h4,15H,3,5-7H2,1-2H3. The summed E-state index contributed by atoms with van der Waals surface area (Å²) in [4.78, 5) is 13.2. The molecule has 94 valence electrons. The van der Waals surface area contributed by atoms with E-state index >= 15 is 0 Å². The number of hydrogen-bond donors (Lipinski definition) is 1. The van der Waals surface area contributed by atoms with Gasteiger partial charge in [0.1, 0.15) is 5.76 Å². The van der Waals surface area contributed by atoms with Crippen LogP contribution in [0.3, 0.4) is 0 Å². The molecule has 0 radical (unpaired) electrons. The number of aliphatic hydroxyl groups is 1. The molecule has 1 aromatic heterocycles. The zero-order valence-corrected chi connectivity index (χ0v) is 9.97. The van der Waals surface area contributed by atoms with Crippen LogP contribution in [-0.4, -0.2) is 46.4 Å². The van der Waals surface area contributed by atoms with Crippen molar-refractivity contribution in [1.82, 2.24) is 10.1 Å². The van der Waals surface area contributed by atoms with E-state index in [4.69, 9.17) is 9.26 Å². The molecule has 17 heavy (non-hydrogen) atoms. The second-order valence-corrected chi connectivity index (χ2v) is 4.39. The molecule has 1 aliphatic heterocycles. The molecule has 6 nitrogen and oxygen atoms in total. The van der Waals surface area contributed by atoms with Crippen LogP contribution in [0.4, 0.5) is 0 Å². The van der Waals surface area contributed by atoms with Gasteiger partial charge in [-0.2, -0.15) is 0 Å². The normalized spacial score (nSPS) is 17.7. The van der Waals surface area contributed by atoms with Crippen LogP contribution in [0.1, 0.15) is 19.1 Å². The Bertz CT molecular complexity index is 409. The molecular formula is C11H16N2O4. The van der Waals surface area contributed by atoms with E-state index in [0.717, 1.165) is 0 Å². The number of carbonyl (C=O) groups is 1. The van der Waals surface area contributed by atoms with Gasteiger partial charge in [-0.05, 0) is 18.5 Å². The largest absolute Gasteiger partial charge is 0.465 e. The van der Waals surface area contributed by atoms with E-state index in [2.05, 4.69) is 5.16 Å². The third kappa shape index (κ3) is 2.58. The van der Waals surface area contributed by atoms with Gasteiger partial charge in [-0.15, -0.1) is 0 Å². The Kier molecular flexibility index (Phi) is 3.06. The molecule has 1 N–H and O–H groups in total. The summed E-state index contributed by atoms with van der Waals surface area (Å²) in [6, 6.07) is 1.62. The Morgan fingerprint density at radius 2 is 2.41 bits per heavy atom. The number of aryl methyl sites for hydroxylation is 1. The summed E-state index contributed by atoms with van der Waals surface area (Å²) >= 11 is 0. The van der Waals surface area contributed by atoms with Crippen LogP contribution in [-0.2, 0) is 4.79 Å². The van der Waals surface area contributed by atoms with Crippen molar-refractivity contribution < 1.29 is 19.2 Å². The van der Waals surface area contributed by atoms with Gasteiger partial charge in [0.15, 0.2) is 6.61 Å². The molecule has 0 aromatic carbocycles. The van der Waals surface area contributed by atoms with Crippen LogP contribution in [0.2, 0.25) is 0 Å². The minimum Gasteiger partial charge on any atom is -0.465 e. The molecule has 2 heterocycles. The topological polar surface area (TPSA) is 75.8 Å². The lowest BCUT2D eigenvalue weighted by molar-refractivity contribution is -0.157. The smallest absolute Gasteiger partial charge is 0.260 e. The van der Waals surface area contributed by atoms with Crippen molar-refractivity contribution in [3.05, 3.63) is 11.8 Å². The average molecular weight is 240 g/mol. The molecule has 6 heteroatoms. The first-order valence-electron chi connectivity index (χ1n) is 5.59. The van der Waals surface area contributed by atoms with Gasteiger partial charge >= 0.3 is 0 Å². The highest BCUT2D eigenvalue weighted by atomic mass is 16.5. The maximum absolute atomic E-state index is 11.6. The third-order valence-corrected chi connectivity index (χ3v) is 2.93. The molecule has 0 unspecified atom stereocenters. The molecule has 1 aliphatic rings. The number of rotatable bonds is 4. The second kappa shape index (κ2) is 4.37. The Balaban J connectivity index is 1.76. The zero-order valence-electron chi connectivity index (χ0n) is 9.97. The van der Waals surface area contributed by atoms with E-state index in [1.807, 2.05) is 6.92 Å². The second-order valence-electron chi connectivity index (χ2n) is 4.39. The summed E-state index contributed by atoms with van der Waals surface area (Å²) < 4.78 is 9.98. The van der Waals surface area contributed by atoms with Crippen molar-refractivity contribution in [3.8, 4) is 5.88 Å². The van der Waals surface area contributed by atoms with Crippen LogP contribution < -0.4 is 4.74 Å². The summed E-state index contributed by atoms with van der Waals surface area (Å²) in [5.74, 6) is 0.794. The van der Waals surface area contributed by atoms with Gasteiger partial charge in [0.25, 0.3) is 11.8 Å². The van der Waals surface area contributed by atoms with Gasteiger partial charge in [-0.25, -0.2) is 0 Å². The van der Waals surface area contributed by atoms with Gasteiger partial charge in [0, 0.05) is 6.07 Å². The number of amides is 1. The van der Waals surface area contributed by atoms with Crippen molar-refractivity contribution in [1.29, 1.82) is 0 Å². The van der Waals surface area contributed by atoms with Crippen molar-refractivity contribution in [3.63, 3.8) is 0 Å². The van der Waals surface area contributed by atoms with E-state index in [0.29, 0.717) is 31.2 Å². The lowest BCUT2D eigenvalue weighted by atomic mass is 9.91. The number of nitrogens with zero attached hydrogens (tertiary/aromatic N) is 2. The minimum atomic E-state index is -0.708. The maximum atomic E-state index is 11.6. The maximum Gasteiger partial charge on any atom is 0.260 e. The quantitative estimate of drug-likeness (QED) is 0.821. The molecule has 1 fully saturated rings. The first kappa shape index (κ1) is 11.9. The number of ether oxygens (including phenoxy) is 1. The monoisotopic (exact) mass is 240 g/mol. The zero-order chi connectivity index (χ0) is 12.5. The highest BCUT2D eigenvalue weighted by molar-refractivity contribution is 5.78. The number of hydrogen-bond acceptors (Lipinski definition) is 5. The third-order valence-electron chi connectivity index (χ3n) is 2.93. The number of likely N-dealkylation sites (tertiary alicyclic amines) is 1. The van der Waals surface area contributed by atoms with Crippen LogP contribution in [0.15, 0.2) is 10.6 Å². The summed E-state index contributed by atoms with van der Waals surface area (Å²) in [6.07, 6.45) is 0.653. The molecule has 0 saturated carbocycles. The van der Waals surface area contributed by atoms with Crippen molar-refractivity contribution in [2.24, 2.45) is 0 Å². The Morgan fingerprint density at radius 1 is 1.71 bits per heavy atom. The molecule has 1 saturated heterocycles. The predicted octanol–water partition coefficient (Wildman–Crippen LogP) is 0.345. The van der Waals surface area contributed by atoms with E-state index < -0.39 is 5.60 Å². The Hall–Kier alpha value is -1.56. The molecule has 0 aliphatic carbocycles. The SMILES string of the molecule is CCC1(O)CN(C(=O)COc2cc(C)on2)C1. The lowest BCUT2D eigenvalue weighted by Gasteiger charge is -2.45. The van der Waals surface area contributed by atoms with Crippen molar-refractivity contribution >= 4 is 5.91 Å². The fraction of sp³-hybridized carbons (Fsp3) is 0.636. The van der Waals surface area contributed by atoms with E-state index in [1.165, 1.54) is 0 Å². The van der Waals surface area contributed by atoms with Crippen LogP contribution in [0, 0.1) is 6.92 Å². The fourth-order valence-electron chi connectivity index (χ4n) is 1.70. The van der Waals surface area contributed by atoms with E-state index in [9.17, 15) is 9.90 Å². The van der Waals surface area contributed by atoms with E-state index in [1.54, 1.807) is 17.9 Å². The van der Waals surface area contributed by atoms with Gasteiger partial charge in [0.2, 0.25) is 0 Å². The van der Waals surface area contributed by atoms with Gasteiger partial charge in [-0.3, -0.25) is 4.79 Å². The van der Waals surface area contributed by atoms with Crippen molar-refractivity contribution in [2.75, 3.05) is 19.7 Å². The number of aromatic nitrogens is 1. The Labute approximate surface area is 99.1 Å². The summed E-state index contributed by atoms with van der Waals surface area (Å²) in [5.41, 5.74) is -0.708. The number of carbonyl (C=O) groups excluding carboxylic acids is 1. The van der Waals surface area contributed by atoms with Crippen molar-refractivity contribution in [2.45, 2.75) is 25.9 Å². The average Bonchev–Trinajstić information content (AvgIpc) is 2.67. The molecule has 1 aromatic rings. The van der Waals surface area contributed by atoms with Gasteiger partial charge in [0.05, 0.1) is 18.7 Å².